The first-order chi connectivity index (χ1) is 18.7. The molecule has 4 aromatic rings. The van der Waals surface area contributed by atoms with E-state index in [1.54, 1.807) is 61.5 Å². The molecule has 2 N–H and O–H groups in total. The van der Waals surface area contributed by atoms with Crippen LogP contribution in [0.4, 0.5) is 11.4 Å². The van der Waals surface area contributed by atoms with Gasteiger partial charge in [-0.2, -0.15) is 0 Å². The van der Waals surface area contributed by atoms with Crippen LogP contribution in [0.25, 0.3) is 11.1 Å². The summed E-state index contributed by atoms with van der Waals surface area (Å²) in [5.74, 6) is -2.61. The molecule has 0 aliphatic rings. The molecular formula is C27H26N4O7S. The minimum Gasteiger partial charge on any atom is -0.434 e. The molecule has 0 radical (unpaired) electrons. The standard InChI is InChI=1S/C27H26N4O7S/c1-2-19(25(32)27-30-21-13-7-9-15-24(21)38-27)29-26(33)22(28-20-12-6-8-14-23(20)31(34)35)17-39(36,37)16-18-10-4-3-5-11-18/h3-15,19,22,28H,2,16-17H2,1H3,(H,29,33)/t19-,22?/m0/s1. The van der Waals surface area contributed by atoms with Crippen molar-refractivity contribution in [1.29, 1.82) is 0 Å². The summed E-state index contributed by atoms with van der Waals surface area (Å²) in [7, 11) is -3.87. The zero-order valence-corrected chi connectivity index (χ0v) is 21.8. The van der Waals surface area contributed by atoms with Crippen molar-refractivity contribution < 1.29 is 27.3 Å². The lowest BCUT2D eigenvalue weighted by molar-refractivity contribution is -0.384. The first-order valence-corrected chi connectivity index (χ1v) is 13.9. The SMILES string of the molecule is CC[C@H](NC(=O)C(CS(=O)(=O)Cc1ccccc1)Nc1ccccc1[N+](=O)[O-])C(=O)c1nc2ccccc2o1. The van der Waals surface area contributed by atoms with Gasteiger partial charge in [0.1, 0.15) is 17.2 Å². The monoisotopic (exact) mass is 550 g/mol. The summed E-state index contributed by atoms with van der Waals surface area (Å²) >= 11 is 0. The maximum Gasteiger partial charge on any atom is 0.292 e. The number of sulfone groups is 1. The molecule has 3 aromatic carbocycles. The van der Waals surface area contributed by atoms with Gasteiger partial charge in [0.2, 0.25) is 11.7 Å². The minimum absolute atomic E-state index is 0.0316. The highest BCUT2D eigenvalue weighted by Crippen LogP contribution is 2.25. The zero-order chi connectivity index (χ0) is 28.0. The number of hydrogen-bond donors (Lipinski definition) is 2. The molecule has 12 heteroatoms. The van der Waals surface area contributed by atoms with E-state index in [0.717, 1.165) is 0 Å². The molecule has 1 heterocycles. The fourth-order valence-electron chi connectivity index (χ4n) is 4.02. The Morgan fingerprint density at radius 1 is 0.974 bits per heavy atom. The average Bonchev–Trinajstić information content (AvgIpc) is 3.35. The third kappa shape index (κ3) is 6.85. The molecule has 0 aliphatic carbocycles. The summed E-state index contributed by atoms with van der Waals surface area (Å²) in [5, 5.41) is 16.8. The zero-order valence-electron chi connectivity index (χ0n) is 20.9. The fraction of sp³-hybridized carbons (Fsp3) is 0.222. The second kappa shape index (κ2) is 11.9. The van der Waals surface area contributed by atoms with Gasteiger partial charge >= 0.3 is 0 Å². The lowest BCUT2D eigenvalue weighted by atomic mass is 10.1. The molecule has 2 atom stereocenters. The van der Waals surface area contributed by atoms with E-state index in [1.807, 2.05) is 0 Å². The highest BCUT2D eigenvalue weighted by atomic mass is 32.2. The van der Waals surface area contributed by atoms with Crippen LogP contribution in [-0.4, -0.2) is 47.9 Å². The van der Waals surface area contributed by atoms with Crippen LogP contribution in [0.15, 0.2) is 83.3 Å². The summed E-state index contributed by atoms with van der Waals surface area (Å²) in [6, 6.07) is 18.3. The lowest BCUT2D eigenvalue weighted by Gasteiger charge is -2.22. The Morgan fingerprint density at radius 2 is 1.64 bits per heavy atom. The molecule has 1 amide bonds. The summed E-state index contributed by atoms with van der Waals surface area (Å²) < 4.78 is 31.7. The van der Waals surface area contributed by atoms with Crippen molar-refractivity contribution in [3.63, 3.8) is 0 Å². The molecule has 0 spiro atoms. The van der Waals surface area contributed by atoms with Gasteiger partial charge in [0.25, 0.3) is 11.6 Å². The maximum atomic E-state index is 13.4. The number of ketones is 1. The van der Waals surface area contributed by atoms with Crippen molar-refractivity contribution in [2.45, 2.75) is 31.2 Å². The average molecular weight is 551 g/mol. The molecule has 1 aromatic heterocycles. The van der Waals surface area contributed by atoms with Crippen LogP contribution < -0.4 is 10.6 Å². The number of oxazole rings is 1. The number of nitrogens with one attached hydrogen (secondary N) is 2. The first-order valence-electron chi connectivity index (χ1n) is 12.1. The summed E-state index contributed by atoms with van der Waals surface area (Å²) in [6.45, 7) is 1.67. The maximum absolute atomic E-state index is 13.4. The predicted octanol–water partition coefficient (Wildman–Crippen LogP) is 3.91. The molecule has 0 bridgehead atoms. The number of amides is 1. The van der Waals surface area contributed by atoms with Crippen LogP contribution in [-0.2, 0) is 20.4 Å². The normalized spacial score (nSPS) is 12.9. The number of carbonyl (C=O) groups is 2. The second-order valence-corrected chi connectivity index (χ2v) is 10.9. The number of benzene rings is 3. The van der Waals surface area contributed by atoms with Crippen LogP contribution in [0.1, 0.15) is 29.6 Å². The van der Waals surface area contributed by atoms with Crippen LogP contribution in [0.5, 0.6) is 0 Å². The van der Waals surface area contributed by atoms with E-state index in [0.29, 0.717) is 16.7 Å². The van der Waals surface area contributed by atoms with Crippen LogP contribution >= 0.6 is 0 Å². The van der Waals surface area contributed by atoms with Gasteiger partial charge in [-0.05, 0) is 30.2 Å². The number of fused-ring (bicyclic) bond motifs is 1. The summed E-state index contributed by atoms with van der Waals surface area (Å²) in [4.78, 5) is 41.6. The molecule has 0 aliphatic heterocycles. The Kier molecular flexibility index (Phi) is 8.35. The molecule has 202 valence electrons. The Hall–Kier alpha value is -4.58. The van der Waals surface area contributed by atoms with Crippen molar-refractivity contribution in [2.75, 3.05) is 11.1 Å². The van der Waals surface area contributed by atoms with Gasteiger partial charge in [0.15, 0.2) is 15.4 Å². The molecule has 0 fully saturated rings. The van der Waals surface area contributed by atoms with Crippen LogP contribution in [0, 0.1) is 10.1 Å². The van der Waals surface area contributed by atoms with E-state index < -0.39 is 44.3 Å². The van der Waals surface area contributed by atoms with E-state index in [-0.39, 0.29) is 29.4 Å². The third-order valence-electron chi connectivity index (χ3n) is 5.94. The van der Waals surface area contributed by atoms with Crippen molar-refractivity contribution in [3.8, 4) is 0 Å². The summed E-state index contributed by atoms with van der Waals surface area (Å²) in [6.07, 6.45) is 0.165. The number of anilines is 1. The molecule has 39 heavy (non-hydrogen) atoms. The van der Waals surface area contributed by atoms with Gasteiger partial charge in [0.05, 0.1) is 22.5 Å². The molecule has 0 saturated heterocycles. The molecule has 11 nitrogen and oxygen atoms in total. The Bertz CT molecular complexity index is 1570. The van der Waals surface area contributed by atoms with Gasteiger partial charge in [-0.3, -0.25) is 19.7 Å². The number of aromatic nitrogens is 1. The van der Waals surface area contributed by atoms with Gasteiger partial charge in [-0.25, -0.2) is 13.4 Å². The molecule has 4 rings (SSSR count). The quantitative estimate of drug-likeness (QED) is 0.151. The number of carbonyl (C=O) groups excluding carboxylic acids is 2. The largest absolute Gasteiger partial charge is 0.434 e. The van der Waals surface area contributed by atoms with E-state index in [4.69, 9.17) is 4.42 Å². The summed E-state index contributed by atoms with van der Waals surface area (Å²) in [5.41, 5.74) is 1.05. The number of para-hydroxylation sites is 4. The minimum atomic E-state index is -3.87. The first kappa shape index (κ1) is 27.5. The van der Waals surface area contributed by atoms with Crippen molar-refractivity contribution in [2.24, 2.45) is 0 Å². The topological polar surface area (TPSA) is 162 Å². The molecule has 0 saturated carbocycles. The smallest absolute Gasteiger partial charge is 0.292 e. The van der Waals surface area contributed by atoms with E-state index >= 15 is 0 Å². The number of rotatable bonds is 12. The van der Waals surface area contributed by atoms with Crippen LogP contribution in [0.2, 0.25) is 0 Å². The van der Waals surface area contributed by atoms with Gasteiger partial charge in [-0.15, -0.1) is 0 Å². The second-order valence-electron chi connectivity index (χ2n) is 8.83. The van der Waals surface area contributed by atoms with Crippen molar-refractivity contribution in [3.05, 3.63) is 100 Å². The van der Waals surface area contributed by atoms with E-state index in [9.17, 15) is 28.1 Å². The highest BCUT2D eigenvalue weighted by molar-refractivity contribution is 7.90. The van der Waals surface area contributed by atoms with Crippen molar-refractivity contribution >= 4 is 44.0 Å². The predicted molar refractivity (Wildman–Crippen MR) is 145 cm³/mol. The number of Topliss-reactive ketones (excluding diaryl/α,β-unsaturated/α-hetero) is 1. The van der Waals surface area contributed by atoms with Gasteiger partial charge in [-0.1, -0.05) is 61.5 Å². The van der Waals surface area contributed by atoms with E-state index in [2.05, 4.69) is 15.6 Å². The highest BCUT2D eigenvalue weighted by Gasteiger charge is 2.32. The molecule has 1 unspecified atom stereocenters. The number of nitrogens with zero attached hydrogens (tertiary/aromatic N) is 2. The fourth-order valence-corrected chi connectivity index (χ4v) is 5.58. The number of nitro groups is 1. The van der Waals surface area contributed by atoms with Crippen molar-refractivity contribution in [1.82, 2.24) is 10.3 Å². The van der Waals surface area contributed by atoms with E-state index in [1.165, 1.54) is 24.3 Å². The Labute approximate surface area is 224 Å². The third-order valence-corrected chi connectivity index (χ3v) is 7.56. The molecular weight excluding hydrogens is 524 g/mol. The van der Waals surface area contributed by atoms with Gasteiger partial charge < -0.3 is 15.1 Å². The van der Waals surface area contributed by atoms with Gasteiger partial charge in [0, 0.05) is 6.07 Å². The lowest BCUT2D eigenvalue weighted by Crippen LogP contribution is -2.50. The Balaban J connectivity index is 1.59. The Morgan fingerprint density at radius 3 is 2.33 bits per heavy atom. The number of nitro benzene ring substituents is 1. The van der Waals surface area contributed by atoms with Crippen LogP contribution in [0.3, 0.4) is 0 Å². The number of hydrogen-bond acceptors (Lipinski definition) is 9.